The fraction of sp³-hybridized carbons (Fsp3) is 0.415. The minimum Gasteiger partial charge on any atom is -0.507 e. The quantitative estimate of drug-likeness (QED) is 0.127. The smallest absolute Gasteiger partial charge is 0.243 e. The lowest BCUT2D eigenvalue weighted by Crippen LogP contribution is -2.65. The van der Waals surface area contributed by atoms with E-state index >= 15 is 0 Å². The summed E-state index contributed by atoms with van der Waals surface area (Å²) in [5, 5.41) is 36.7. The first-order chi connectivity index (χ1) is 26.2. The maximum absolute atomic E-state index is 14.3. The lowest BCUT2D eigenvalue weighted by Gasteiger charge is -2.44. The number of aliphatic hydroxyl groups excluding tert-OH is 1. The fourth-order valence-electron chi connectivity index (χ4n) is 7.35. The number of rotatable bonds is 11. The molecule has 0 aliphatic carbocycles. The Morgan fingerprint density at radius 3 is 2.44 bits per heavy atom. The topological polar surface area (TPSA) is 177 Å². The Labute approximate surface area is 324 Å². The van der Waals surface area contributed by atoms with Gasteiger partial charge in [-0.25, -0.2) is 4.98 Å². The van der Waals surface area contributed by atoms with E-state index < -0.39 is 23.1 Å². The first kappa shape index (κ1) is 38.1. The van der Waals surface area contributed by atoms with Crippen molar-refractivity contribution in [1.82, 2.24) is 40.6 Å². The van der Waals surface area contributed by atoms with Gasteiger partial charge in [-0.05, 0) is 54.7 Å². The Bertz CT molecular complexity index is 2210. The molecule has 0 bridgehead atoms. The summed E-state index contributed by atoms with van der Waals surface area (Å²) >= 11 is 1.59. The molecule has 0 saturated carbocycles. The number of nitrogens with zero attached hydrogens (tertiary/aromatic N) is 5. The number of phenols is 1. The van der Waals surface area contributed by atoms with Crippen LogP contribution in [0.3, 0.4) is 0 Å². The van der Waals surface area contributed by atoms with Gasteiger partial charge in [-0.3, -0.25) is 14.4 Å². The van der Waals surface area contributed by atoms with E-state index in [2.05, 4.69) is 30.8 Å². The number of β-amino-alcohol motifs (C(OH)–C–C–N with tert-alkyl or cyclic N) is 1. The lowest BCUT2D eigenvalue weighted by atomic mass is 9.73. The maximum Gasteiger partial charge on any atom is 0.243 e. The molecule has 2 fully saturated rings. The summed E-state index contributed by atoms with van der Waals surface area (Å²) in [6.07, 6.45) is -0.478. The molecular weight excluding hydrogens is 717 g/mol. The average Bonchev–Trinajstić information content (AvgIpc) is 3.87. The van der Waals surface area contributed by atoms with Crippen LogP contribution < -0.4 is 10.6 Å². The Kier molecular flexibility index (Phi) is 10.5. The number of aliphatic hydroxyl groups is 1. The van der Waals surface area contributed by atoms with Crippen LogP contribution in [0.25, 0.3) is 32.7 Å². The predicted molar refractivity (Wildman–Crippen MR) is 211 cm³/mol. The summed E-state index contributed by atoms with van der Waals surface area (Å²) < 4.78 is 0. The summed E-state index contributed by atoms with van der Waals surface area (Å²) in [6.45, 7) is 11.4. The first-order valence-corrected chi connectivity index (χ1v) is 19.5. The van der Waals surface area contributed by atoms with Crippen molar-refractivity contribution in [2.75, 3.05) is 26.2 Å². The van der Waals surface area contributed by atoms with Crippen LogP contribution in [0.2, 0.25) is 0 Å². The zero-order valence-corrected chi connectivity index (χ0v) is 32.6. The summed E-state index contributed by atoms with van der Waals surface area (Å²) in [5.41, 5.74) is 5.88. The Morgan fingerprint density at radius 1 is 1.00 bits per heavy atom. The molecule has 7 rings (SSSR count). The van der Waals surface area contributed by atoms with Crippen LogP contribution in [0.4, 0.5) is 0 Å². The van der Waals surface area contributed by atoms with Crippen molar-refractivity contribution in [3.05, 3.63) is 83.1 Å². The number of carbonyl (C=O) groups is 3. The van der Waals surface area contributed by atoms with Gasteiger partial charge in [0.05, 0.1) is 27.9 Å². The van der Waals surface area contributed by atoms with Gasteiger partial charge in [-0.1, -0.05) is 57.2 Å². The highest BCUT2D eigenvalue weighted by Crippen LogP contribution is 2.36. The van der Waals surface area contributed by atoms with Crippen LogP contribution in [0.1, 0.15) is 63.4 Å². The van der Waals surface area contributed by atoms with E-state index in [4.69, 9.17) is 0 Å². The zero-order valence-electron chi connectivity index (χ0n) is 31.8. The van der Waals surface area contributed by atoms with E-state index in [1.807, 2.05) is 82.6 Å². The third-order valence-corrected chi connectivity index (χ3v) is 12.2. The second-order valence-corrected chi connectivity index (χ2v) is 16.7. The van der Waals surface area contributed by atoms with E-state index in [-0.39, 0.29) is 55.3 Å². The molecule has 0 radical (unpaired) electrons. The SMILES string of the molecule is Cc1ncsc1-c1ccc(CNC(=O)[C@@H]2C[C@@H](O)CN2C(=O)[C@](C)(NCCC(=O)N2CC(c3cc4cc(-c5ccccc5O)nnc4[nH]3)C2)C(C)(C)C)cc1. The minimum absolute atomic E-state index is 0.0192. The van der Waals surface area contributed by atoms with Crippen molar-refractivity contribution >= 4 is 40.1 Å². The number of aromatic hydroxyl groups is 1. The van der Waals surface area contributed by atoms with Gasteiger partial charge >= 0.3 is 0 Å². The van der Waals surface area contributed by atoms with Gasteiger partial charge in [-0.2, -0.15) is 0 Å². The van der Waals surface area contributed by atoms with E-state index in [0.29, 0.717) is 36.5 Å². The molecular formula is C41H48N8O5S. The second-order valence-electron chi connectivity index (χ2n) is 15.9. The van der Waals surface area contributed by atoms with Gasteiger partial charge in [0.15, 0.2) is 5.65 Å². The van der Waals surface area contributed by atoms with Crippen LogP contribution in [0, 0.1) is 12.3 Å². The van der Waals surface area contributed by atoms with Crippen molar-refractivity contribution in [1.29, 1.82) is 0 Å². The molecule has 55 heavy (non-hydrogen) atoms. The van der Waals surface area contributed by atoms with E-state index in [0.717, 1.165) is 32.8 Å². The molecule has 2 aliphatic rings. The number of carbonyl (C=O) groups excluding carboxylic acids is 3. The monoisotopic (exact) mass is 764 g/mol. The highest BCUT2D eigenvalue weighted by atomic mass is 32.1. The van der Waals surface area contributed by atoms with Gasteiger partial charge in [-0.15, -0.1) is 21.5 Å². The van der Waals surface area contributed by atoms with Crippen LogP contribution in [-0.2, 0) is 20.9 Å². The molecule has 5 aromatic rings. The largest absolute Gasteiger partial charge is 0.507 e. The van der Waals surface area contributed by atoms with Gasteiger partial charge in [0, 0.05) is 68.1 Å². The highest BCUT2D eigenvalue weighted by molar-refractivity contribution is 7.13. The number of hydrogen-bond donors (Lipinski definition) is 5. The average molecular weight is 765 g/mol. The van der Waals surface area contributed by atoms with E-state index in [1.165, 1.54) is 4.90 Å². The predicted octanol–water partition coefficient (Wildman–Crippen LogP) is 4.75. The molecule has 13 nitrogen and oxygen atoms in total. The maximum atomic E-state index is 14.3. The summed E-state index contributed by atoms with van der Waals surface area (Å²) in [4.78, 5) is 53.2. The zero-order chi connectivity index (χ0) is 39.1. The number of H-pyrrole nitrogens is 1. The molecule has 3 atom stereocenters. The normalized spacial score (nSPS) is 18.7. The number of thiazole rings is 1. The number of likely N-dealkylation sites (tertiary alicyclic amines) is 2. The number of benzene rings is 2. The van der Waals surface area contributed by atoms with Gasteiger partial charge in [0.25, 0.3) is 0 Å². The number of phenolic OH excluding ortho intramolecular Hbond substituents is 1. The third kappa shape index (κ3) is 7.71. The van der Waals surface area contributed by atoms with Crippen molar-refractivity contribution < 1.29 is 24.6 Å². The number of aromatic nitrogens is 4. The van der Waals surface area contributed by atoms with Crippen molar-refractivity contribution in [2.45, 2.75) is 77.6 Å². The molecule has 2 saturated heterocycles. The summed E-state index contributed by atoms with van der Waals surface area (Å²) in [5.74, 6) is -0.360. The highest BCUT2D eigenvalue weighted by Gasteiger charge is 2.50. The lowest BCUT2D eigenvalue weighted by molar-refractivity contribution is -0.147. The number of aryl methyl sites for hydroxylation is 1. The minimum atomic E-state index is -1.13. The molecule has 0 unspecified atom stereocenters. The number of nitrogens with one attached hydrogen (secondary N) is 3. The van der Waals surface area contributed by atoms with Crippen LogP contribution in [0.15, 0.2) is 66.2 Å². The summed E-state index contributed by atoms with van der Waals surface area (Å²) in [6, 6.07) is 18.1. The molecule has 288 valence electrons. The molecule has 3 amide bonds. The number of para-hydroxylation sites is 1. The number of amides is 3. The van der Waals surface area contributed by atoms with Crippen molar-refractivity contribution in [3.8, 4) is 27.4 Å². The molecule has 2 aromatic carbocycles. The summed E-state index contributed by atoms with van der Waals surface area (Å²) in [7, 11) is 0. The van der Waals surface area contributed by atoms with Crippen molar-refractivity contribution in [3.63, 3.8) is 0 Å². The standard InChI is InChI=1S/C41H48N8O5S/c1-24-36(55-23-43-24)26-12-10-25(11-13-26)19-42-38(53)33-18-29(50)22-49(33)39(54)41(5,40(2,3)4)44-15-14-35(52)48-20-28(21-48)31-16-27-17-32(46-47-37(27)45-31)30-8-6-7-9-34(30)51/h6-13,16-17,23,28-29,33,44,50-51H,14-15,18-22H2,1-5H3,(H,42,53)(H,45,47)/t29-,33+,41+/m1/s1. The molecule has 5 heterocycles. The molecule has 3 aromatic heterocycles. The number of fused-ring (bicyclic) bond motifs is 1. The number of aromatic amines is 1. The third-order valence-electron chi connectivity index (χ3n) is 11.3. The molecule has 2 aliphatic heterocycles. The Morgan fingerprint density at radius 2 is 1.75 bits per heavy atom. The Balaban J connectivity index is 0.931. The van der Waals surface area contributed by atoms with Crippen molar-refractivity contribution in [2.24, 2.45) is 5.41 Å². The molecule has 14 heteroatoms. The van der Waals surface area contributed by atoms with Crippen LogP contribution in [-0.4, -0.2) is 102 Å². The van der Waals surface area contributed by atoms with E-state index in [1.54, 1.807) is 34.4 Å². The van der Waals surface area contributed by atoms with Gasteiger partial charge in [0.1, 0.15) is 17.3 Å². The van der Waals surface area contributed by atoms with Gasteiger partial charge in [0.2, 0.25) is 17.7 Å². The Hall–Kier alpha value is -5.18. The van der Waals surface area contributed by atoms with E-state index in [9.17, 15) is 24.6 Å². The van der Waals surface area contributed by atoms with Gasteiger partial charge < -0.3 is 35.6 Å². The first-order valence-electron chi connectivity index (χ1n) is 18.7. The molecule has 0 spiro atoms. The van der Waals surface area contributed by atoms with Crippen LogP contribution >= 0.6 is 11.3 Å². The van der Waals surface area contributed by atoms with Crippen LogP contribution in [0.5, 0.6) is 5.75 Å². The second kappa shape index (κ2) is 15.2. The number of hydrogen-bond acceptors (Lipinski definition) is 10. The fourth-order valence-corrected chi connectivity index (χ4v) is 8.16. The molecule has 5 N–H and O–H groups in total.